The summed E-state index contributed by atoms with van der Waals surface area (Å²) in [6.07, 6.45) is 7.35. The number of nitrogens with zero attached hydrogens (tertiary/aromatic N) is 4. The van der Waals surface area contributed by atoms with Gasteiger partial charge >= 0.3 is 5.69 Å². The minimum Gasteiger partial charge on any atom is -0.346 e. The lowest BCUT2D eigenvalue weighted by molar-refractivity contribution is 0.819. The molecule has 31 heavy (non-hydrogen) atoms. The second-order valence-electron chi connectivity index (χ2n) is 8.06. The van der Waals surface area contributed by atoms with Crippen molar-refractivity contribution in [3.05, 3.63) is 89.4 Å². The van der Waals surface area contributed by atoms with Crippen molar-refractivity contribution in [2.45, 2.75) is 19.8 Å². The second-order valence-corrected chi connectivity index (χ2v) is 8.06. The van der Waals surface area contributed by atoms with E-state index < -0.39 is 0 Å². The van der Waals surface area contributed by atoms with E-state index in [0.29, 0.717) is 5.92 Å². The number of H-pyrrole nitrogens is 1. The summed E-state index contributed by atoms with van der Waals surface area (Å²) in [5.74, 6) is 0.375. The highest BCUT2D eigenvalue weighted by atomic mass is 16.1. The number of aryl methyl sites for hydroxylation is 1. The summed E-state index contributed by atoms with van der Waals surface area (Å²) >= 11 is 0. The molecule has 0 saturated heterocycles. The molecule has 0 aliphatic rings. The maximum absolute atomic E-state index is 13.0. The van der Waals surface area contributed by atoms with Crippen LogP contribution in [0, 0.1) is 0 Å². The maximum atomic E-state index is 13.0. The lowest BCUT2D eigenvalue weighted by atomic mass is 10.0. The first-order valence-corrected chi connectivity index (χ1v) is 10.3. The SMILES string of the molecule is CC(C)c1cccc(-n2c(-c3cc(-c4cnc5[nH]ccc5c4)ccn3)cn(C)c2=O)c1. The van der Waals surface area contributed by atoms with Crippen molar-refractivity contribution in [1.82, 2.24) is 24.1 Å². The molecular weight excluding hydrogens is 386 g/mol. The Kier molecular flexibility index (Phi) is 4.55. The van der Waals surface area contributed by atoms with E-state index in [9.17, 15) is 4.79 Å². The van der Waals surface area contributed by atoms with Crippen LogP contribution in [-0.4, -0.2) is 24.1 Å². The molecule has 6 heteroatoms. The Balaban J connectivity index is 1.65. The molecule has 4 aromatic heterocycles. The molecule has 0 atom stereocenters. The van der Waals surface area contributed by atoms with Crippen LogP contribution in [0.2, 0.25) is 0 Å². The van der Waals surface area contributed by atoms with Gasteiger partial charge in [0.2, 0.25) is 0 Å². The molecule has 5 aromatic rings. The van der Waals surface area contributed by atoms with E-state index in [1.54, 1.807) is 22.4 Å². The van der Waals surface area contributed by atoms with Crippen molar-refractivity contribution in [3.63, 3.8) is 0 Å². The minimum atomic E-state index is -0.0986. The van der Waals surface area contributed by atoms with Gasteiger partial charge in [-0.3, -0.25) is 9.55 Å². The van der Waals surface area contributed by atoms with Crippen molar-refractivity contribution in [1.29, 1.82) is 0 Å². The highest BCUT2D eigenvalue weighted by Crippen LogP contribution is 2.27. The van der Waals surface area contributed by atoms with Gasteiger partial charge in [0.1, 0.15) is 5.65 Å². The second kappa shape index (κ2) is 7.40. The van der Waals surface area contributed by atoms with Crippen molar-refractivity contribution < 1.29 is 0 Å². The summed E-state index contributed by atoms with van der Waals surface area (Å²) in [7, 11) is 1.77. The van der Waals surface area contributed by atoms with E-state index in [1.807, 2.05) is 48.9 Å². The molecule has 0 unspecified atom stereocenters. The smallest absolute Gasteiger partial charge is 0.333 e. The Morgan fingerprint density at radius 2 is 1.87 bits per heavy atom. The molecule has 0 spiro atoms. The standard InChI is InChI=1S/C25H23N5O/c1-16(2)17-5-4-6-21(12-17)30-23(15-29(3)25(30)31)22-13-18(7-9-26-22)20-11-19-8-10-27-24(19)28-14-20/h4-16H,1-3H3,(H,27,28). The fourth-order valence-corrected chi connectivity index (χ4v) is 3.86. The number of aromatic nitrogens is 5. The number of fused-ring (bicyclic) bond motifs is 1. The number of rotatable bonds is 4. The molecule has 0 bridgehead atoms. The van der Waals surface area contributed by atoms with Crippen LogP contribution < -0.4 is 5.69 Å². The third kappa shape index (κ3) is 3.36. The summed E-state index contributed by atoms with van der Waals surface area (Å²) < 4.78 is 3.32. The van der Waals surface area contributed by atoms with Crippen LogP contribution in [0.5, 0.6) is 0 Å². The quantitative estimate of drug-likeness (QED) is 0.459. The van der Waals surface area contributed by atoms with E-state index in [2.05, 4.69) is 47.0 Å². The fourth-order valence-electron chi connectivity index (χ4n) is 3.86. The van der Waals surface area contributed by atoms with Gasteiger partial charge in [-0.25, -0.2) is 9.78 Å². The fraction of sp³-hybridized carbons (Fsp3) is 0.160. The zero-order chi connectivity index (χ0) is 21.5. The Labute approximate surface area is 179 Å². The number of aromatic amines is 1. The lowest BCUT2D eigenvalue weighted by Crippen LogP contribution is -2.21. The molecule has 0 saturated carbocycles. The Hall–Kier alpha value is -3.93. The number of imidazole rings is 1. The maximum Gasteiger partial charge on any atom is 0.333 e. The number of benzene rings is 1. The molecule has 0 fully saturated rings. The van der Waals surface area contributed by atoms with Crippen LogP contribution in [0.4, 0.5) is 0 Å². The summed E-state index contributed by atoms with van der Waals surface area (Å²) in [4.78, 5) is 25.2. The van der Waals surface area contributed by atoms with E-state index in [1.165, 1.54) is 5.56 Å². The molecule has 0 radical (unpaired) electrons. The van der Waals surface area contributed by atoms with Crippen LogP contribution in [0.15, 0.2) is 78.1 Å². The average Bonchev–Trinajstić information content (AvgIpc) is 3.37. The third-order valence-electron chi connectivity index (χ3n) is 5.60. The number of hydrogen-bond acceptors (Lipinski definition) is 3. The molecule has 0 aliphatic heterocycles. The molecule has 1 N–H and O–H groups in total. The van der Waals surface area contributed by atoms with Gasteiger partial charge in [-0.05, 0) is 53.4 Å². The van der Waals surface area contributed by atoms with Gasteiger partial charge in [-0.2, -0.15) is 0 Å². The number of hydrogen-bond donors (Lipinski definition) is 1. The van der Waals surface area contributed by atoms with Gasteiger partial charge in [0.15, 0.2) is 0 Å². The highest BCUT2D eigenvalue weighted by molar-refractivity contribution is 5.82. The van der Waals surface area contributed by atoms with Crippen LogP contribution >= 0.6 is 0 Å². The molecule has 0 aliphatic carbocycles. The van der Waals surface area contributed by atoms with Gasteiger partial charge in [-0.15, -0.1) is 0 Å². The van der Waals surface area contributed by atoms with Gasteiger partial charge in [0.05, 0.1) is 17.1 Å². The Bertz CT molecular complexity index is 1450. The number of nitrogens with one attached hydrogen (secondary N) is 1. The highest BCUT2D eigenvalue weighted by Gasteiger charge is 2.16. The number of pyridine rings is 2. The normalized spacial score (nSPS) is 11.5. The van der Waals surface area contributed by atoms with Crippen LogP contribution in [0.1, 0.15) is 25.3 Å². The zero-order valence-corrected chi connectivity index (χ0v) is 17.7. The van der Waals surface area contributed by atoms with Crippen LogP contribution in [0.3, 0.4) is 0 Å². The van der Waals surface area contributed by atoms with Crippen molar-refractivity contribution in [2.75, 3.05) is 0 Å². The first-order valence-electron chi connectivity index (χ1n) is 10.3. The average molecular weight is 409 g/mol. The van der Waals surface area contributed by atoms with Crippen molar-refractivity contribution in [2.24, 2.45) is 7.05 Å². The largest absolute Gasteiger partial charge is 0.346 e. The van der Waals surface area contributed by atoms with Crippen LogP contribution in [0.25, 0.3) is 39.2 Å². The molecule has 6 nitrogen and oxygen atoms in total. The Morgan fingerprint density at radius 1 is 1.00 bits per heavy atom. The topological polar surface area (TPSA) is 68.5 Å². The molecule has 1 aromatic carbocycles. The van der Waals surface area contributed by atoms with Crippen LogP contribution in [-0.2, 0) is 7.05 Å². The summed E-state index contributed by atoms with van der Waals surface area (Å²) in [5.41, 5.74) is 6.28. The minimum absolute atomic E-state index is 0.0986. The van der Waals surface area contributed by atoms with Crippen molar-refractivity contribution in [3.8, 4) is 28.2 Å². The van der Waals surface area contributed by atoms with Gasteiger partial charge < -0.3 is 9.55 Å². The molecule has 4 heterocycles. The summed E-state index contributed by atoms with van der Waals surface area (Å²) in [5, 5.41) is 1.05. The molecule has 0 amide bonds. The van der Waals surface area contributed by atoms with Gasteiger partial charge in [-0.1, -0.05) is 26.0 Å². The van der Waals surface area contributed by atoms with E-state index in [0.717, 1.165) is 39.2 Å². The summed E-state index contributed by atoms with van der Waals surface area (Å²) in [6.45, 7) is 4.29. The first-order chi connectivity index (χ1) is 15.0. The molecular formula is C25H23N5O. The third-order valence-corrected chi connectivity index (χ3v) is 5.60. The van der Waals surface area contributed by atoms with E-state index in [4.69, 9.17) is 0 Å². The lowest BCUT2D eigenvalue weighted by Gasteiger charge is -2.11. The monoisotopic (exact) mass is 409 g/mol. The molecule has 5 rings (SSSR count). The molecule has 154 valence electrons. The Morgan fingerprint density at radius 3 is 2.71 bits per heavy atom. The zero-order valence-electron chi connectivity index (χ0n) is 17.7. The van der Waals surface area contributed by atoms with E-state index in [-0.39, 0.29) is 5.69 Å². The predicted octanol–water partition coefficient (Wildman–Crippen LogP) is 4.90. The van der Waals surface area contributed by atoms with E-state index >= 15 is 0 Å². The predicted molar refractivity (Wildman–Crippen MR) is 123 cm³/mol. The van der Waals surface area contributed by atoms with Gasteiger partial charge in [0.25, 0.3) is 0 Å². The van der Waals surface area contributed by atoms with Crippen molar-refractivity contribution >= 4 is 11.0 Å². The summed E-state index contributed by atoms with van der Waals surface area (Å²) in [6, 6.07) is 16.2. The first kappa shape index (κ1) is 19.1. The van der Waals surface area contributed by atoms with Gasteiger partial charge in [0, 0.05) is 42.8 Å².